The number of rotatable bonds is 4. The monoisotopic (exact) mass is 278 g/mol. The van der Waals surface area contributed by atoms with Gasteiger partial charge in [-0.25, -0.2) is 9.97 Å². The van der Waals surface area contributed by atoms with Gasteiger partial charge >= 0.3 is 0 Å². The molecule has 0 aliphatic heterocycles. The van der Waals surface area contributed by atoms with Gasteiger partial charge < -0.3 is 11.1 Å². The van der Waals surface area contributed by atoms with E-state index in [4.69, 9.17) is 18.0 Å². The van der Waals surface area contributed by atoms with Crippen LogP contribution in [0, 0.1) is 0 Å². The molecular formula is C12H14N4S2. The Morgan fingerprint density at radius 2 is 2.17 bits per heavy atom. The lowest BCUT2D eigenvalue weighted by Gasteiger charge is -2.24. The van der Waals surface area contributed by atoms with Crippen LogP contribution in [0.5, 0.6) is 0 Å². The normalized spacial score (nSPS) is 11.2. The average Bonchev–Trinajstić information content (AvgIpc) is 2.83. The van der Waals surface area contributed by atoms with Crippen LogP contribution in [0.2, 0.25) is 0 Å². The van der Waals surface area contributed by atoms with Crippen molar-refractivity contribution in [3.63, 3.8) is 0 Å². The van der Waals surface area contributed by atoms with E-state index in [-0.39, 0.29) is 5.54 Å². The van der Waals surface area contributed by atoms with E-state index in [1.165, 1.54) is 0 Å². The molecule has 0 amide bonds. The quantitative estimate of drug-likeness (QED) is 0.841. The van der Waals surface area contributed by atoms with Crippen molar-refractivity contribution in [2.75, 3.05) is 5.32 Å². The summed E-state index contributed by atoms with van der Waals surface area (Å²) in [6.07, 6.45) is 3.47. The van der Waals surface area contributed by atoms with Crippen molar-refractivity contribution in [3.05, 3.63) is 40.5 Å². The second-order valence-corrected chi connectivity index (χ2v) is 5.72. The lowest BCUT2D eigenvalue weighted by Crippen LogP contribution is -2.28. The maximum Gasteiger partial charge on any atom is 0.126 e. The first-order valence-corrected chi connectivity index (χ1v) is 6.72. The molecule has 3 N–H and O–H groups in total. The largest absolute Gasteiger partial charge is 0.389 e. The van der Waals surface area contributed by atoms with Crippen molar-refractivity contribution in [1.82, 2.24) is 9.97 Å². The van der Waals surface area contributed by atoms with Gasteiger partial charge in [0.1, 0.15) is 15.8 Å². The average molecular weight is 278 g/mol. The van der Waals surface area contributed by atoms with E-state index in [1.54, 1.807) is 23.7 Å². The number of hydrogen-bond donors (Lipinski definition) is 2. The minimum absolute atomic E-state index is 0.258. The highest BCUT2D eigenvalue weighted by Crippen LogP contribution is 2.26. The van der Waals surface area contributed by atoms with Crippen LogP contribution in [0.1, 0.15) is 24.4 Å². The van der Waals surface area contributed by atoms with Crippen molar-refractivity contribution in [2.45, 2.75) is 19.4 Å². The molecule has 18 heavy (non-hydrogen) atoms. The zero-order chi connectivity index (χ0) is 13.2. The molecule has 6 heteroatoms. The van der Waals surface area contributed by atoms with E-state index in [1.807, 2.05) is 17.5 Å². The number of nitrogens with two attached hydrogens (primary N) is 1. The smallest absolute Gasteiger partial charge is 0.126 e. The summed E-state index contributed by atoms with van der Waals surface area (Å²) in [5.41, 5.74) is 6.04. The number of pyridine rings is 1. The van der Waals surface area contributed by atoms with Gasteiger partial charge in [0.25, 0.3) is 0 Å². The standard InChI is InChI=1S/C12H14N4S2/c1-12(2,11-14-5-6-18-11)16-9-4-3-8(7-15-9)10(13)17/h3-7H,1-2H3,(H2,13,17)(H,15,16). The van der Waals surface area contributed by atoms with Crippen LogP contribution in [-0.2, 0) is 5.54 Å². The Morgan fingerprint density at radius 3 is 2.67 bits per heavy atom. The van der Waals surface area contributed by atoms with E-state index in [9.17, 15) is 0 Å². The third-order valence-corrected chi connectivity index (χ3v) is 3.79. The van der Waals surface area contributed by atoms with E-state index >= 15 is 0 Å². The third kappa shape index (κ3) is 2.83. The van der Waals surface area contributed by atoms with Crippen molar-refractivity contribution in [1.29, 1.82) is 0 Å². The summed E-state index contributed by atoms with van der Waals surface area (Å²) in [6.45, 7) is 4.13. The van der Waals surface area contributed by atoms with Crippen LogP contribution in [0.4, 0.5) is 5.82 Å². The van der Waals surface area contributed by atoms with Crippen molar-refractivity contribution >= 4 is 34.4 Å². The van der Waals surface area contributed by atoms with Crippen LogP contribution >= 0.6 is 23.6 Å². The first kappa shape index (κ1) is 12.9. The van der Waals surface area contributed by atoms with Crippen LogP contribution in [-0.4, -0.2) is 15.0 Å². The van der Waals surface area contributed by atoms with E-state index < -0.39 is 0 Å². The predicted octanol–water partition coefficient (Wildman–Crippen LogP) is 2.52. The number of hydrogen-bond acceptors (Lipinski definition) is 5. The molecule has 0 saturated carbocycles. The lowest BCUT2D eigenvalue weighted by atomic mass is 10.1. The van der Waals surface area contributed by atoms with Gasteiger partial charge in [-0.2, -0.15) is 0 Å². The van der Waals surface area contributed by atoms with Crippen LogP contribution in [0.15, 0.2) is 29.9 Å². The van der Waals surface area contributed by atoms with Gasteiger partial charge in [-0.1, -0.05) is 12.2 Å². The molecule has 0 atom stereocenters. The molecule has 0 aromatic carbocycles. The molecule has 94 valence electrons. The zero-order valence-corrected chi connectivity index (χ0v) is 11.8. The van der Waals surface area contributed by atoms with Gasteiger partial charge in [0.05, 0.1) is 5.54 Å². The second kappa shape index (κ2) is 4.99. The zero-order valence-electron chi connectivity index (χ0n) is 10.2. The maximum absolute atomic E-state index is 5.53. The number of nitrogens with one attached hydrogen (secondary N) is 1. The van der Waals surface area contributed by atoms with E-state index in [2.05, 4.69) is 29.1 Å². The summed E-state index contributed by atoms with van der Waals surface area (Å²) in [5.74, 6) is 0.773. The highest BCUT2D eigenvalue weighted by atomic mass is 32.1. The fraction of sp³-hybridized carbons (Fsp3) is 0.250. The topological polar surface area (TPSA) is 63.8 Å². The molecule has 0 unspecified atom stereocenters. The second-order valence-electron chi connectivity index (χ2n) is 4.38. The molecule has 2 aromatic heterocycles. The van der Waals surface area contributed by atoms with Crippen molar-refractivity contribution in [2.24, 2.45) is 5.73 Å². The highest BCUT2D eigenvalue weighted by Gasteiger charge is 2.23. The third-order valence-electron chi connectivity index (χ3n) is 2.46. The van der Waals surface area contributed by atoms with E-state index in [0.29, 0.717) is 4.99 Å². The number of thiazole rings is 1. The van der Waals surface area contributed by atoms with Gasteiger partial charge in [0.15, 0.2) is 0 Å². The SMILES string of the molecule is CC(C)(Nc1ccc(C(N)=S)cn1)c1nccs1. The summed E-state index contributed by atoms with van der Waals surface area (Å²) in [6, 6.07) is 3.72. The molecule has 0 saturated heterocycles. The van der Waals surface area contributed by atoms with Gasteiger partial charge in [-0.15, -0.1) is 11.3 Å². The summed E-state index contributed by atoms with van der Waals surface area (Å²) in [5, 5.41) is 6.32. The van der Waals surface area contributed by atoms with Gasteiger partial charge in [0.2, 0.25) is 0 Å². The Kier molecular flexibility index (Phi) is 3.58. The van der Waals surface area contributed by atoms with Gasteiger partial charge in [-0.3, -0.25) is 0 Å². The number of thiocarbonyl (C=S) groups is 1. The number of nitrogens with zero attached hydrogens (tertiary/aromatic N) is 2. The fourth-order valence-electron chi connectivity index (χ4n) is 1.52. The number of anilines is 1. The Balaban J connectivity index is 2.16. The van der Waals surface area contributed by atoms with E-state index in [0.717, 1.165) is 16.4 Å². The van der Waals surface area contributed by atoms with Crippen LogP contribution in [0.3, 0.4) is 0 Å². The molecule has 0 aliphatic carbocycles. The molecule has 0 spiro atoms. The summed E-state index contributed by atoms with van der Waals surface area (Å²) < 4.78 is 0. The summed E-state index contributed by atoms with van der Waals surface area (Å²) in [7, 11) is 0. The van der Waals surface area contributed by atoms with Crippen molar-refractivity contribution < 1.29 is 0 Å². The predicted molar refractivity (Wildman–Crippen MR) is 78.9 cm³/mol. The van der Waals surface area contributed by atoms with Crippen LogP contribution < -0.4 is 11.1 Å². The van der Waals surface area contributed by atoms with Crippen LogP contribution in [0.25, 0.3) is 0 Å². The number of aromatic nitrogens is 2. The molecule has 2 rings (SSSR count). The lowest BCUT2D eigenvalue weighted by molar-refractivity contribution is 0.601. The maximum atomic E-state index is 5.53. The molecule has 0 aliphatic rings. The molecule has 4 nitrogen and oxygen atoms in total. The highest BCUT2D eigenvalue weighted by molar-refractivity contribution is 7.80. The molecule has 2 aromatic rings. The first-order valence-electron chi connectivity index (χ1n) is 5.43. The molecule has 0 fully saturated rings. The fourth-order valence-corrected chi connectivity index (χ4v) is 2.36. The van der Waals surface area contributed by atoms with Crippen molar-refractivity contribution in [3.8, 4) is 0 Å². The molecular weight excluding hydrogens is 264 g/mol. The Hall–Kier alpha value is -1.53. The van der Waals surface area contributed by atoms with Gasteiger partial charge in [-0.05, 0) is 26.0 Å². The van der Waals surface area contributed by atoms with Gasteiger partial charge in [0, 0.05) is 23.3 Å². The molecule has 2 heterocycles. The minimum atomic E-state index is -0.258. The minimum Gasteiger partial charge on any atom is -0.389 e. The Morgan fingerprint density at radius 1 is 1.39 bits per heavy atom. The molecule has 0 bridgehead atoms. The Labute approximate surface area is 115 Å². The summed E-state index contributed by atoms with van der Waals surface area (Å²) in [4.78, 5) is 8.97. The Bertz CT molecular complexity index is 532. The summed E-state index contributed by atoms with van der Waals surface area (Å²) >= 11 is 6.50. The first-order chi connectivity index (χ1) is 8.49. The molecule has 0 radical (unpaired) electrons.